The Morgan fingerprint density at radius 2 is 2.10 bits per heavy atom. The molecule has 0 radical (unpaired) electrons. The Kier molecular flexibility index (Phi) is 4.36. The zero-order valence-electron chi connectivity index (χ0n) is 12.1. The van der Waals surface area contributed by atoms with E-state index in [2.05, 4.69) is 10.2 Å². The third kappa shape index (κ3) is 3.93. The molecule has 0 spiro atoms. The van der Waals surface area contributed by atoms with Crippen molar-refractivity contribution in [3.8, 4) is 0 Å². The predicted molar refractivity (Wildman–Crippen MR) is 78.6 cm³/mol. The Morgan fingerprint density at radius 1 is 1.25 bits per heavy atom. The second-order valence-electron chi connectivity index (χ2n) is 6.74. The molecule has 1 aliphatic carbocycles. The molecule has 2 saturated heterocycles. The van der Waals surface area contributed by atoms with Crippen molar-refractivity contribution in [2.45, 2.75) is 31.7 Å². The molecule has 5 nitrogen and oxygen atoms in total. The van der Waals surface area contributed by atoms with Crippen LogP contribution in [0.3, 0.4) is 0 Å². The molecule has 3 aliphatic rings. The van der Waals surface area contributed by atoms with E-state index in [1.807, 2.05) is 0 Å². The van der Waals surface area contributed by atoms with E-state index in [4.69, 9.17) is 4.74 Å². The van der Waals surface area contributed by atoms with Gasteiger partial charge in [-0.05, 0) is 32.2 Å². The number of hydrogen-bond donors (Lipinski definition) is 1. The SMILES string of the molecule is O=S1(=O)CCCN(CC2(CNC3CC3)CCOC2)CC1. The minimum absolute atomic E-state index is 0.191. The van der Waals surface area contributed by atoms with Gasteiger partial charge in [0.2, 0.25) is 0 Å². The first-order valence-electron chi connectivity index (χ1n) is 7.81. The van der Waals surface area contributed by atoms with Gasteiger partial charge in [-0.1, -0.05) is 0 Å². The summed E-state index contributed by atoms with van der Waals surface area (Å²) in [5.41, 5.74) is 0.191. The molecular formula is C14H26N2O3S. The van der Waals surface area contributed by atoms with Gasteiger partial charge in [0, 0.05) is 37.7 Å². The molecule has 2 heterocycles. The van der Waals surface area contributed by atoms with E-state index in [0.29, 0.717) is 18.1 Å². The van der Waals surface area contributed by atoms with E-state index in [9.17, 15) is 8.42 Å². The van der Waals surface area contributed by atoms with Gasteiger partial charge in [0.15, 0.2) is 9.84 Å². The molecule has 3 rings (SSSR count). The molecule has 6 heteroatoms. The minimum Gasteiger partial charge on any atom is -0.381 e. The smallest absolute Gasteiger partial charge is 0.151 e. The van der Waals surface area contributed by atoms with E-state index < -0.39 is 9.84 Å². The zero-order chi connectivity index (χ0) is 14.1. The summed E-state index contributed by atoms with van der Waals surface area (Å²) in [6, 6.07) is 0.719. The summed E-state index contributed by atoms with van der Waals surface area (Å²) in [5, 5.41) is 3.64. The zero-order valence-corrected chi connectivity index (χ0v) is 13.0. The van der Waals surface area contributed by atoms with Crippen LogP contribution in [0.25, 0.3) is 0 Å². The highest BCUT2D eigenvalue weighted by atomic mass is 32.2. The predicted octanol–water partition coefficient (Wildman–Crippen LogP) is 0.266. The molecule has 2 aliphatic heterocycles. The van der Waals surface area contributed by atoms with E-state index >= 15 is 0 Å². The highest BCUT2D eigenvalue weighted by Crippen LogP contribution is 2.31. The summed E-state index contributed by atoms with van der Waals surface area (Å²) in [7, 11) is -2.81. The molecule has 20 heavy (non-hydrogen) atoms. The lowest BCUT2D eigenvalue weighted by atomic mass is 9.86. The Bertz CT molecular complexity index is 428. The normalized spacial score (nSPS) is 35.0. The number of sulfone groups is 1. The van der Waals surface area contributed by atoms with Crippen LogP contribution in [0.2, 0.25) is 0 Å². The lowest BCUT2D eigenvalue weighted by Crippen LogP contribution is -2.46. The molecule has 0 aromatic heterocycles. The summed E-state index contributed by atoms with van der Waals surface area (Å²) in [5.74, 6) is 0.674. The van der Waals surface area contributed by atoms with Crippen molar-refractivity contribution in [3.63, 3.8) is 0 Å². The Hall–Kier alpha value is -0.170. The van der Waals surface area contributed by atoms with Gasteiger partial charge in [-0.3, -0.25) is 0 Å². The Labute approximate surface area is 122 Å². The average Bonchev–Trinajstić information content (AvgIpc) is 3.15. The van der Waals surface area contributed by atoms with Gasteiger partial charge in [-0.15, -0.1) is 0 Å². The maximum atomic E-state index is 11.7. The summed E-state index contributed by atoms with van der Waals surface area (Å²) in [4.78, 5) is 2.34. The van der Waals surface area contributed by atoms with Crippen LogP contribution >= 0.6 is 0 Å². The second kappa shape index (κ2) is 5.91. The van der Waals surface area contributed by atoms with Gasteiger partial charge in [-0.25, -0.2) is 8.42 Å². The van der Waals surface area contributed by atoms with Gasteiger partial charge < -0.3 is 15.0 Å². The van der Waals surface area contributed by atoms with Crippen molar-refractivity contribution < 1.29 is 13.2 Å². The molecule has 1 saturated carbocycles. The van der Waals surface area contributed by atoms with Gasteiger partial charge in [0.1, 0.15) is 0 Å². The third-order valence-corrected chi connectivity index (χ3v) is 6.45. The highest BCUT2D eigenvalue weighted by Gasteiger charge is 2.38. The summed E-state index contributed by atoms with van der Waals surface area (Å²) in [6.07, 6.45) is 4.48. The maximum Gasteiger partial charge on any atom is 0.151 e. The molecule has 1 atom stereocenters. The van der Waals surface area contributed by atoms with Gasteiger partial charge >= 0.3 is 0 Å². The molecule has 0 aromatic carbocycles. The number of nitrogens with zero attached hydrogens (tertiary/aromatic N) is 1. The van der Waals surface area contributed by atoms with E-state index in [-0.39, 0.29) is 5.41 Å². The molecule has 0 bridgehead atoms. The molecular weight excluding hydrogens is 276 g/mol. The quantitative estimate of drug-likeness (QED) is 0.790. The van der Waals surface area contributed by atoms with Crippen molar-refractivity contribution in [1.29, 1.82) is 0 Å². The maximum absolute atomic E-state index is 11.7. The molecule has 1 unspecified atom stereocenters. The highest BCUT2D eigenvalue weighted by molar-refractivity contribution is 7.91. The van der Waals surface area contributed by atoms with Crippen LogP contribution in [0, 0.1) is 5.41 Å². The molecule has 116 valence electrons. The molecule has 1 N–H and O–H groups in total. The summed E-state index contributed by atoms with van der Waals surface area (Å²) in [6.45, 7) is 5.25. The fourth-order valence-corrected chi connectivity index (χ4v) is 4.55. The van der Waals surface area contributed by atoms with E-state index in [0.717, 1.165) is 51.7 Å². The first-order valence-corrected chi connectivity index (χ1v) is 9.63. The van der Waals surface area contributed by atoms with Gasteiger partial charge in [0.25, 0.3) is 0 Å². The summed E-state index contributed by atoms with van der Waals surface area (Å²) >= 11 is 0. The fourth-order valence-electron chi connectivity index (χ4n) is 3.24. The van der Waals surface area contributed by atoms with Crippen LogP contribution in [0.5, 0.6) is 0 Å². The number of nitrogens with one attached hydrogen (secondary N) is 1. The molecule has 3 fully saturated rings. The van der Waals surface area contributed by atoms with Crippen LogP contribution in [-0.4, -0.2) is 70.3 Å². The molecule has 0 amide bonds. The minimum atomic E-state index is -2.81. The van der Waals surface area contributed by atoms with Crippen molar-refractivity contribution in [3.05, 3.63) is 0 Å². The fraction of sp³-hybridized carbons (Fsp3) is 1.00. The number of rotatable bonds is 5. The van der Waals surface area contributed by atoms with E-state index in [1.54, 1.807) is 0 Å². The van der Waals surface area contributed by atoms with Crippen molar-refractivity contribution in [1.82, 2.24) is 10.2 Å². The van der Waals surface area contributed by atoms with Gasteiger partial charge in [-0.2, -0.15) is 0 Å². The standard InChI is InChI=1S/C14H26N2O3S/c17-20(18)8-1-5-16(6-9-20)11-14(4-7-19-12-14)10-15-13-2-3-13/h13,15H,1-12H2. The van der Waals surface area contributed by atoms with Crippen molar-refractivity contribution in [2.75, 3.05) is 50.9 Å². The third-order valence-electron chi connectivity index (χ3n) is 4.74. The topological polar surface area (TPSA) is 58.6 Å². The van der Waals surface area contributed by atoms with Crippen LogP contribution in [0.15, 0.2) is 0 Å². The summed E-state index contributed by atoms with van der Waals surface area (Å²) < 4.78 is 29.0. The lowest BCUT2D eigenvalue weighted by molar-refractivity contribution is 0.111. The molecule has 0 aromatic rings. The van der Waals surface area contributed by atoms with Crippen LogP contribution < -0.4 is 5.32 Å². The number of hydrogen-bond acceptors (Lipinski definition) is 5. The first-order chi connectivity index (χ1) is 9.57. The largest absolute Gasteiger partial charge is 0.381 e. The van der Waals surface area contributed by atoms with Crippen LogP contribution in [-0.2, 0) is 14.6 Å². The second-order valence-corrected chi connectivity index (χ2v) is 9.04. The monoisotopic (exact) mass is 302 g/mol. The van der Waals surface area contributed by atoms with Gasteiger partial charge in [0.05, 0.1) is 18.1 Å². The lowest BCUT2D eigenvalue weighted by Gasteiger charge is -2.34. The van der Waals surface area contributed by atoms with Crippen molar-refractivity contribution in [2.24, 2.45) is 5.41 Å². The van der Waals surface area contributed by atoms with Crippen LogP contribution in [0.4, 0.5) is 0 Å². The Balaban J connectivity index is 1.57. The number of ether oxygens (including phenoxy) is 1. The Morgan fingerprint density at radius 3 is 2.80 bits per heavy atom. The van der Waals surface area contributed by atoms with Crippen molar-refractivity contribution >= 4 is 9.84 Å². The van der Waals surface area contributed by atoms with E-state index in [1.165, 1.54) is 12.8 Å². The first kappa shape index (κ1) is 14.8. The average molecular weight is 302 g/mol. The van der Waals surface area contributed by atoms with Crippen LogP contribution in [0.1, 0.15) is 25.7 Å².